The third kappa shape index (κ3) is 2.17. The van der Waals surface area contributed by atoms with Crippen molar-refractivity contribution in [3.05, 3.63) is 27.7 Å². The lowest BCUT2D eigenvalue weighted by atomic mass is 9.79. The van der Waals surface area contributed by atoms with Gasteiger partial charge in [0.2, 0.25) is 0 Å². The topological polar surface area (TPSA) is 40.5 Å². The van der Waals surface area contributed by atoms with Gasteiger partial charge in [0.1, 0.15) is 0 Å². The SMILES string of the molecule is CCc1ccc(Cl)c(B(O)O)c1Cl. The Morgan fingerprint density at radius 2 is 1.92 bits per heavy atom. The van der Waals surface area contributed by atoms with Crippen LogP contribution < -0.4 is 5.46 Å². The Morgan fingerprint density at radius 1 is 1.31 bits per heavy atom. The maximum absolute atomic E-state index is 8.99. The molecule has 70 valence electrons. The highest BCUT2D eigenvalue weighted by molar-refractivity contribution is 6.66. The lowest BCUT2D eigenvalue weighted by Gasteiger charge is -2.09. The average Bonchev–Trinajstić information content (AvgIpc) is 2.04. The summed E-state index contributed by atoms with van der Waals surface area (Å²) in [5.41, 5.74) is 1.04. The molecule has 2 N–H and O–H groups in total. The highest BCUT2D eigenvalue weighted by Crippen LogP contribution is 2.19. The van der Waals surface area contributed by atoms with Gasteiger partial charge < -0.3 is 10.0 Å². The highest BCUT2D eigenvalue weighted by atomic mass is 35.5. The minimum atomic E-state index is -1.62. The smallest absolute Gasteiger partial charge is 0.423 e. The summed E-state index contributed by atoms with van der Waals surface area (Å²) in [5, 5.41) is 18.6. The maximum Gasteiger partial charge on any atom is 0.491 e. The van der Waals surface area contributed by atoms with Crippen molar-refractivity contribution >= 4 is 35.8 Å². The Labute approximate surface area is 87.2 Å². The molecule has 0 unspecified atom stereocenters. The summed E-state index contributed by atoms with van der Waals surface area (Å²) in [6.07, 6.45) is 0.732. The van der Waals surface area contributed by atoms with E-state index in [1.807, 2.05) is 6.92 Å². The summed E-state index contributed by atoms with van der Waals surface area (Å²) in [4.78, 5) is 0. The molecule has 0 spiro atoms. The number of hydrogen-bond acceptors (Lipinski definition) is 2. The number of benzene rings is 1. The molecule has 0 fully saturated rings. The van der Waals surface area contributed by atoms with Gasteiger partial charge in [-0.3, -0.25) is 0 Å². The molecule has 0 heterocycles. The molecule has 0 aromatic heterocycles. The quantitative estimate of drug-likeness (QED) is 0.734. The molecule has 0 aliphatic carbocycles. The zero-order chi connectivity index (χ0) is 10.0. The third-order valence-electron chi connectivity index (χ3n) is 1.85. The second kappa shape index (κ2) is 4.33. The van der Waals surface area contributed by atoms with Crippen LogP contribution in [-0.2, 0) is 6.42 Å². The number of rotatable bonds is 2. The van der Waals surface area contributed by atoms with Crippen LogP contribution >= 0.6 is 23.2 Å². The summed E-state index contributed by atoms with van der Waals surface area (Å²) < 4.78 is 0. The number of hydrogen-bond donors (Lipinski definition) is 2. The molecule has 0 bridgehead atoms. The van der Waals surface area contributed by atoms with Crippen LogP contribution in [0.25, 0.3) is 0 Å². The summed E-state index contributed by atoms with van der Waals surface area (Å²) in [7, 11) is -1.62. The fraction of sp³-hybridized carbons (Fsp3) is 0.250. The zero-order valence-electron chi connectivity index (χ0n) is 7.09. The minimum absolute atomic E-state index is 0.183. The largest absolute Gasteiger partial charge is 0.491 e. The molecule has 0 amide bonds. The van der Waals surface area contributed by atoms with Crippen LogP contribution in [0.3, 0.4) is 0 Å². The first kappa shape index (κ1) is 10.9. The van der Waals surface area contributed by atoms with Crippen molar-refractivity contribution in [1.29, 1.82) is 0 Å². The Morgan fingerprint density at radius 3 is 2.38 bits per heavy atom. The van der Waals surface area contributed by atoms with E-state index < -0.39 is 7.12 Å². The second-order valence-corrected chi connectivity index (χ2v) is 3.45. The summed E-state index contributed by atoms with van der Waals surface area (Å²) >= 11 is 11.7. The van der Waals surface area contributed by atoms with E-state index in [1.54, 1.807) is 12.1 Å². The summed E-state index contributed by atoms with van der Waals surface area (Å²) in [6.45, 7) is 1.93. The summed E-state index contributed by atoms with van der Waals surface area (Å²) in [6, 6.07) is 3.39. The van der Waals surface area contributed by atoms with Crippen molar-refractivity contribution in [1.82, 2.24) is 0 Å². The molecule has 1 rings (SSSR count). The fourth-order valence-electron chi connectivity index (χ4n) is 1.12. The van der Waals surface area contributed by atoms with Gasteiger partial charge in [0, 0.05) is 15.5 Å². The Hall–Kier alpha value is -0.215. The highest BCUT2D eigenvalue weighted by Gasteiger charge is 2.20. The molecule has 0 saturated carbocycles. The zero-order valence-corrected chi connectivity index (χ0v) is 8.60. The Bertz CT molecular complexity index is 315. The molecule has 0 radical (unpaired) electrons. The van der Waals surface area contributed by atoms with Gasteiger partial charge in [0.25, 0.3) is 0 Å². The predicted octanol–water partition coefficient (Wildman–Crippen LogP) is 1.24. The van der Waals surface area contributed by atoms with Gasteiger partial charge in [-0.25, -0.2) is 0 Å². The van der Waals surface area contributed by atoms with Gasteiger partial charge in [0.05, 0.1) is 0 Å². The van der Waals surface area contributed by atoms with E-state index in [-0.39, 0.29) is 10.5 Å². The van der Waals surface area contributed by atoms with Crippen LogP contribution in [0.2, 0.25) is 10.0 Å². The number of aryl methyl sites for hydroxylation is 1. The molecule has 5 heteroatoms. The lowest BCUT2D eigenvalue weighted by molar-refractivity contribution is 0.426. The van der Waals surface area contributed by atoms with Crippen molar-refractivity contribution in [3.8, 4) is 0 Å². The minimum Gasteiger partial charge on any atom is -0.423 e. The predicted molar refractivity (Wildman–Crippen MR) is 55.7 cm³/mol. The van der Waals surface area contributed by atoms with Crippen LogP contribution in [-0.4, -0.2) is 17.2 Å². The molecule has 1 aromatic rings. The lowest BCUT2D eigenvalue weighted by Crippen LogP contribution is -2.32. The van der Waals surface area contributed by atoms with Crippen LogP contribution in [0.1, 0.15) is 12.5 Å². The molecular weight excluding hydrogens is 210 g/mol. The van der Waals surface area contributed by atoms with Crippen molar-refractivity contribution in [2.45, 2.75) is 13.3 Å². The van der Waals surface area contributed by atoms with Gasteiger partial charge >= 0.3 is 7.12 Å². The molecule has 13 heavy (non-hydrogen) atoms. The van der Waals surface area contributed by atoms with Gasteiger partial charge in [-0.05, 0) is 18.1 Å². The first-order valence-electron chi connectivity index (χ1n) is 3.90. The molecule has 0 atom stereocenters. The van der Waals surface area contributed by atoms with E-state index in [0.717, 1.165) is 12.0 Å². The molecule has 1 aromatic carbocycles. The van der Waals surface area contributed by atoms with Crippen LogP contribution in [0.4, 0.5) is 0 Å². The maximum atomic E-state index is 8.99. The van der Waals surface area contributed by atoms with Crippen molar-refractivity contribution in [3.63, 3.8) is 0 Å². The van der Waals surface area contributed by atoms with Crippen molar-refractivity contribution in [2.75, 3.05) is 0 Å². The van der Waals surface area contributed by atoms with Crippen molar-refractivity contribution in [2.24, 2.45) is 0 Å². The summed E-state index contributed by atoms with van der Waals surface area (Å²) in [5.74, 6) is 0. The van der Waals surface area contributed by atoms with E-state index >= 15 is 0 Å². The molecule has 0 aliphatic rings. The Balaban J connectivity index is 3.30. The molecule has 0 saturated heterocycles. The van der Waals surface area contributed by atoms with Crippen LogP contribution in [0.15, 0.2) is 12.1 Å². The molecule has 0 aliphatic heterocycles. The van der Waals surface area contributed by atoms with Gasteiger partial charge in [-0.1, -0.05) is 36.2 Å². The van der Waals surface area contributed by atoms with E-state index in [4.69, 9.17) is 33.2 Å². The van der Waals surface area contributed by atoms with E-state index in [9.17, 15) is 0 Å². The van der Waals surface area contributed by atoms with Crippen LogP contribution in [0, 0.1) is 0 Å². The standard InChI is InChI=1S/C8H9BCl2O2/c1-2-5-3-4-6(10)7(8(5)11)9(12)13/h3-4,12-13H,2H2,1H3. The van der Waals surface area contributed by atoms with Gasteiger partial charge in [0.15, 0.2) is 0 Å². The second-order valence-electron chi connectivity index (χ2n) is 2.66. The van der Waals surface area contributed by atoms with Crippen molar-refractivity contribution < 1.29 is 10.0 Å². The third-order valence-corrected chi connectivity index (χ3v) is 2.62. The van der Waals surface area contributed by atoms with E-state index in [1.165, 1.54) is 0 Å². The first-order chi connectivity index (χ1) is 6.07. The molecule has 2 nitrogen and oxygen atoms in total. The van der Waals surface area contributed by atoms with Gasteiger partial charge in [-0.2, -0.15) is 0 Å². The Kier molecular flexibility index (Phi) is 3.62. The first-order valence-corrected chi connectivity index (χ1v) is 4.66. The normalized spacial score (nSPS) is 10.2. The van der Waals surface area contributed by atoms with E-state index in [0.29, 0.717) is 5.02 Å². The monoisotopic (exact) mass is 218 g/mol. The van der Waals surface area contributed by atoms with Gasteiger partial charge in [-0.15, -0.1) is 0 Å². The average molecular weight is 219 g/mol. The molecular formula is C8H9BCl2O2. The van der Waals surface area contributed by atoms with E-state index in [2.05, 4.69) is 0 Å². The van der Waals surface area contributed by atoms with Crippen LogP contribution in [0.5, 0.6) is 0 Å². The number of halogens is 2. The fourth-order valence-corrected chi connectivity index (χ4v) is 1.82.